The average molecular weight is 419 g/mol. The van der Waals surface area contributed by atoms with Gasteiger partial charge in [-0.05, 0) is 49.7 Å². The summed E-state index contributed by atoms with van der Waals surface area (Å²) in [5.74, 6) is -0.406. The fourth-order valence-corrected chi connectivity index (χ4v) is 3.24. The number of fused-ring (bicyclic) bond motifs is 1. The van der Waals surface area contributed by atoms with Crippen molar-refractivity contribution in [3.63, 3.8) is 0 Å². The van der Waals surface area contributed by atoms with Crippen LogP contribution in [0.5, 0.6) is 0 Å². The molecule has 0 aliphatic carbocycles. The Morgan fingerprint density at radius 2 is 2.00 bits per heavy atom. The lowest BCUT2D eigenvalue weighted by Crippen LogP contribution is -2.38. The second kappa shape index (κ2) is 9.02. The Bertz CT molecular complexity index is 1070. The number of benzene rings is 2. The fraction of sp³-hybridized carbons (Fsp3) is 0.250. The Morgan fingerprint density at radius 3 is 2.69 bits per heavy atom. The quantitative estimate of drug-likeness (QED) is 0.568. The van der Waals surface area contributed by atoms with Crippen LogP contribution in [0.15, 0.2) is 47.3 Å². The van der Waals surface area contributed by atoms with E-state index in [0.29, 0.717) is 33.6 Å². The first-order valence-corrected chi connectivity index (χ1v) is 9.40. The summed E-state index contributed by atoms with van der Waals surface area (Å²) in [6.45, 7) is 1.93. The topological polar surface area (TPSA) is 98.3 Å². The van der Waals surface area contributed by atoms with Gasteiger partial charge in [-0.25, -0.2) is 14.3 Å². The molecule has 1 heterocycles. The number of aliphatic hydroxyl groups is 1. The van der Waals surface area contributed by atoms with Gasteiger partial charge in [0.1, 0.15) is 5.82 Å². The van der Waals surface area contributed by atoms with Crippen LogP contribution in [0.4, 0.5) is 14.9 Å². The summed E-state index contributed by atoms with van der Waals surface area (Å²) in [6.07, 6.45) is 0.355. The summed E-state index contributed by atoms with van der Waals surface area (Å²) < 4.78 is 13.1. The maximum absolute atomic E-state index is 13.1. The molecule has 152 valence electrons. The number of aliphatic hydroxyl groups excluding tert-OH is 1. The second-order valence-electron chi connectivity index (χ2n) is 6.51. The number of amides is 2. The van der Waals surface area contributed by atoms with Crippen molar-refractivity contribution >= 4 is 34.1 Å². The van der Waals surface area contributed by atoms with Crippen LogP contribution in [0.3, 0.4) is 0 Å². The number of anilines is 1. The summed E-state index contributed by atoms with van der Waals surface area (Å²) in [4.78, 5) is 26.5. The highest BCUT2D eigenvalue weighted by molar-refractivity contribution is 6.31. The molecule has 0 bridgehead atoms. The van der Waals surface area contributed by atoms with E-state index in [9.17, 15) is 19.1 Å². The molecule has 0 spiro atoms. The third-order valence-electron chi connectivity index (χ3n) is 4.56. The molecule has 3 aromatic rings. The molecule has 0 fully saturated rings. The van der Waals surface area contributed by atoms with Gasteiger partial charge in [-0.2, -0.15) is 5.10 Å². The highest BCUT2D eigenvalue weighted by Crippen LogP contribution is 2.27. The highest BCUT2D eigenvalue weighted by atomic mass is 35.5. The molecular formula is C20H20ClFN4O3. The van der Waals surface area contributed by atoms with Crippen LogP contribution in [0, 0.1) is 5.82 Å². The first kappa shape index (κ1) is 20.8. The van der Waals surface area contributed by atoms with E-state index in [1.165, 1.54) is 29.2 Å². The molecule has 9 heteroatoms. The molecule has 0 aliphatic heterocycles. The zero-order valence-electron chi connectivity index (χ0n) is 15.7. The van der Waals surface area contributed by atoms with Crippen LogP contribution in [-0.2, 0) is 0 Å². The lowest BCUT2D eigenvalue weighted by molar-refractivity contribution is 0.181. The molecule has 3 rings (SSSR count). The third kappa shape index (κ3) is 4.72. The van der Waals surface area contributed by atoms with Crippen LogP contribution in [0.2, 0.25) is 5.02 Å². The number of aromatic nitrogens is 2. The van der Waals surface area contributed by atoms with Gasteiger partial charge in [0.05, 0.1) is 17.1 Å². The molecule has 0 aliphatic rings. The molecule has 1 aromatic heterocycles. The van der Waals surface area contributed by atoms with Gasteiger partial charge in [0.15, 0.2) is 0 Å². The number of rotatable bonds is 6. The van der Waals surface area contributed by atoms with E-state index in [-0.39, 0.29) is 18.7 Å². The summed E-state index contributed by atoms with van der Waals surface area (Å²) in [5.41, 5.74) is 0.545. The molecule has 3 N–H and O–H groups in total. The van der Waals surface area contributed by atoms with E-state index in [4.69, 9.17) is 11.6 Å². The van der Waals surface area contributed by atoms with Gasteiger partial charge in [-0.3, -0.25) is 4.79 Å². The highest BCUT2D eigenvalue weighted by Gasteiger charge is 2.25. The van der Waals surface area contributed by atoms with Crippen molar-refractivity contribution in [2.45, 2.75) is 19.4 Å². The van der Waals surface area contributed by atoms with E-state index >= 15 is 0 Å². The van der Waals surface area contributed by atoms with Crippen molar-refractivity contribution in [2.75, 3.05) is 18.5 Å². The minimum absolute atomic E-state index is 0.0948. The van der Waals surface area contributed by atoms with Gasteiger partial charge in [-0.1, -0.05) is 17.7 Å². The number of carbonyl (C=O) groups is 1. The van der Waals surface area contributed by atoms with Crippen molar-refractivity contribution in [1.82, 2.24) is 15.1 Å². The SMILES string of the molecule is C[C@H](c1n[nH]c(=O)c2cc(Cl)ccc12)N(CCCO)C(=O)Nc1ccc(F)cc1. The van der Waals surface area contributed by atoms with Crippen LogP contribution in [-0.4, -0.2) is 39.4 Å². The fourth-order valence-electron chi connectivity index (χ4n) is 3.07. The van der Waals surface area contributed by atoms with Gasteiger partial charge in [0.25, 0.3) is 5.56 Å². The smallest absolute Gasteiger partial charge is 0.322 e. The number of nitrogens with one attached hydrogen (secondary N) is 2. The van der Waals surface area contributed by atoms with Crippen molar-refractivity contribution in [2.24, 2.45) is 0 Å². The maximum Gasteiger partial charge on any atom is 0.322 e. The lowest BCUT2D eigenvalue weighted by Gasteiger charge is -2.29. The van der Waals surface area contributed by atoms with Crippen molar-refractivity contribution in [3.8, 4) is 0 Å². The Hall–Kier alpha value is -2.97. The zero-order chi connectivity index (χ0) is 21.0. The number of hydrogen-bond donors (Lipinski definition) is 3. The molecule has 1 atom stereocenters. The summed E-state index contributed by atoms with van der Waals surface area (Å²) in [6, 6.07) is 9.33. The molecule has 7 nitrogen and oxygen atoms in total. The molecule has 2 amide bonds. The van der Waals surface area contributed by atoms with Crippen LogP contribution < -0.4 is 10.9 Å². The Morgan fingerprint density at radius 1 is 1.28 bits per heavy atom. The minimum atomic E-state index is -0.525. The molecule has 0 unspecified atom stereocenters. The largest absolute Gasteiger partial charge is 0.396 e. The van der Waals surface area contributed by atoms with E-state index < -0.39 is 17.9 Å². The molecule has 0 radical (unpaired) electrons. The van der Waals surface area contributed by atoms with E-state index in [1.807, 2.05) is 0 Å². The molecule has 0 saturated carbocycles. The Labute approximate surface area is 171 Å². The standard InChI is InChI=1S/C20H20ClFN4O3/c1-12(18-16-8-3-13(21)11-17(16)19(28)25-24-18)26(9-2-10-27)20(29)23-15-6-4-14(22)5-7-15/h3-8,11-12,27H,2,9-10H2,1H3,(H,23,29)(H,25,28)/t12-/m1/s1. The number of hydrogen-bond acceptors (Lipinski definition) is 4. The Kier molecular flexibility index (Phi) is 6.46. The van der Waals surface area contributed by atoms with Crippen molar-refractivity contribution < 1.29 is 14.3 Å². The predicted molar refractivity (Wildman–Crippen MR) is 110 cm³/mol. The van der Waals surface area contributed by atoms with Crippen molar-refractivity contribution in [3.05, 3.63) is 69.4 Å². The number of aromatic amines is 1. The first-order chi connectivity index (χ1) is 13.9. The van der Waals surface area contributed by atoms with Gasteiger partial charge in [0.2, 0.25) is 0 Å². The second-order valence-corrected chi connectivity index (χ2v) is 6.95. The number of carbonyl (C=O) groups excluding carboxylic acids is 1. The van der Waals surface area contributed by atoms with Gasteiger partial charge in [-0.15, -0.1) is 0 Å². The number of urea groups is 1. The maximum atomic E-state index is 13.1. The molecule has 29 heavy (non-hydrogen) atoms. The number of nitrogens with zero attached hydrogens (tertiary/aromatic N) is 2. The normalized spacial score (nSPS) is 12.0. The van der Waals surface area contributed by atoms with Crippen LogP contribution in [0.25, 0.3) is 10.8 Å². The van der Waals surface area contributed by atoms with E-state index in [2.05, 4.69) is 15.5 Å². The van der Waals surface area contributed by atoms with Gasteiger partial charge in [0, 0.05) is 29.2 Å². The van der Waals surface area contributed by atoms with E-state index in [1.54, 1.807) is 25.1 Å². The molecule has 0 saturated heterocycles. The predicted octanol–water partition coefficient (Wildman–Crippen LogP) is 3.69. The van der Waals surface area contributed by atoms with Crippen LogP contribution in [0.1, 0.15) is 25.1 Å². The van der Waals surface area contributed by atoms with Crippen LogP contribution >= 0.6 is 11.6 Å². The first-order valence-electron chi connectivity index (χ1n) is 9.02. The lowest BCUT2D eigenvalue weighted by atomic mass is 10.1. The number of halogens is 2. The Balaban J connectivity index is 1.95. The third-order valence-corrected chi connectivity index (χ3v) is 4.79. The van der Waals surface area contributed by atoms with Gasteiger partial charge < -0.3 is 15.3 Å². The number of H-pyrrole nitrogens is 1. The summed E-state index contributed by atoms with van der Waals surface area (Å²) in [5, 5.41) is 19.9. The minimum Gasteiger partial charge on any atom is -0.396 e. The molecular weight excluding hydrogens is 399 g/mol. The summed E-state index contributed by atoms with van der Waals surface area (Å²) in [7, 11) is 0. The average Bonchev–Trinajstić information content (AvgIpc) is 2.70. The molecule has 2 aromatic carbocycles. The monoisotopic (exact) mass is 418 g/mol. The van der Waals surface area contributed by atoms with Gasteiger partial charge >= 0.3 is 6.03 Å². The zero-order valence-corrected chi connectivity index (χ0v) is 16.4. The summed E-state index contributed by atoms with van der Waals surface area (Å²) >= 11 is 6.00. The van der Waals surface area contributed by atoms with E-state index in [0.717, 1.165) is 0 Å². The van der Waals surface area contributed by atoms with Crippen molar-refractivity contribution in [1.29, 1.82) is 0 Å².